The molecule has 1 aromatic heterocycles. The van der Waals surface area contributed by atoms with Gasteiger partial charge in [-0.3, -0.25) is 0 Å². The van der Waals surface area contributed by atoms with E-state index in [1.54, 1.807) is 12.1 Å². The first kappa shape index (κ1) is 11.2. The molecule has 2 rings (SSSR count). The molecule has 82 valence electrons. The molecule has 0 atom stereocenters. The zero-order chi connectivity index (χ0) is 11.5. The summed E-state index contributed by atoms with van der Waals surface area (Å²) in [5, 5.41) is 4.22. The molecule has 4 heteroatoms. The lowest BCUT2D eigenvalue weighted by Crippen LogP contribution is -1.93. The van der Waals surface area contributed by atoms with Crippen LogP contribution in [-0.4, -0.2) is 12.0 Å². The average Bonchev–Trinajstić information content (AvgIpc) is 2.29. The van der Waals surface area contributed by atoms with E-state index in [1.165, 1.54) is 0 Å². The Bertz CT molecular complexity index is 512. The standard InChI is InChI=1S/C12H10Cl2N2/c1-15-12-4-2-3-11(16-12)9-6-5-8(13)7-10(9)14/h2-7H,1H3,(H,15,16). The summed E-state index contributed by atoms with van der Waals surface area (Å²) >= 11 is 12.0. The summed E-state index contributed by atoms with van der Waals surface area (Å²) in [4.78, 5) is 4.41. The Morgan fingerprint density at radius 3 is 2.62 bits per heavy atom. The van der Waals surface area contributed by atoms with Crippen LogP contribution in [0.1, 0.15) is 0 Å². The zero-order valence-corrected chi connectivity index (χ0v) is 10.2. The predicted molar refractivity (Wildman–Crippen MR) is 69.2 cm³/mol. The SMILES string of the molecule is CNc1cccc(-c2ccc(Cl)cc2Cl)n1. The molecule has 16 heavy (non-hydrogen) atoms. The van der Waals surface area contributed by atoms with Crippen LogP contribution in [0.3, 0.4) is 0 Å². The maximum absolute atomic E-state index is 6.11. The van der Waals surface area contributed by atoms with Crippen molar-refractivity contribution in [2.75, 3.05) is 12.4 Å². The van der Waals surface area contributed by atoms with Gasteiger partial charge in [-0.2, -0.15) is 0 Å². The molecule has 2 nitrogen and oxygen atoms in total. The predicted octanol–water partition coefficient (Wildman–Crippen LogP) is 4.10. The number of pyridine rings is 1. The smallest absolute Gasteiger partial charge is 0.126 e. The molecule has 0 aliphatic heterocycles. The van der Waals surface area contributed by atoms with E-state index in [9.17, 15) is 0 Å². The summed E-state index contributed by atoms with van der Waals surface area (Å²) in [6.45, 7) is 0. The summed E-state index contributed by atoms with van der Waals surface area (Å²) in [5.74, 6) is 0.809. The molecule has 0 saturated carbocycles. The van der Waals surface area contributed by atoms with E-state index < -0.39 is 0 Å². The van der Waals surface area contributed by atoms with Gasteiger partial charge in [-0.05, 0) is 30.3 Å². The highest BCUT2D eigenvalue weighted by Crippen LogP contribution is 2.29. The van der Waals surface area contributed by atoms with E-state index in [1.807, 2.05) is 31.3 Å². The average molecular weight is 253 g/mol. The summed E-state index contributed by atoms with van der Waals surface area (Å²) in [7, 11) is 1.83. The third-order valence-electron chi connectivity index (χ3n) is 2.21. The van der Waals surface area contributed by atoms with Gasteiger partial charge < -0.3 is 5.32 Å². The fourth-order valence-electron chi connectivity index (χ4n) is 1.42. The van der Waals surface area contributed by atoms with Gasteiger partial charge in [0.1, 0.15) is 5.82 Å². The largest absolute Gasteiger partial charge is 0.373 e. The van der Waals surface area contributed by atoms with E-state index in [4.69, 9.17) is 23.2 Å². The lowest BCUT2D eigenvalue weighted by atomic mass is 10.1. The maximum Gasteiger partial charge on any atom is 0.126 e. The Labute approximate surface area is 104 Å². The van der Waals surface area contributed by atoms with Gasteiger partial charge in [0.2, 0.25) is 0 Å². The van der Waals surface area contributed by atoms with Gasteiger partial charge in [-0.25, -0.2) is 4.98 Å². The number of halogens is 2. The molecule has 0 saturated heterocycles. The third-order valence-corrected chi connectivity index (χ3v) is 2.76. The molecule has 0 radical (unpaired) electrons. The molecule has 0 fully saturated rings. The second kappa shape index (κ2) is 4.73. The fourth-order valence-corrected chi connectivity index (χ4v) is 1.93. The van der Waals surface area contributed by atoms with E-state index >= 15 is 0 Å². The number of nitrogens with zero attached hydrogens (tertiary/aromatic N) is 1. The summed E-state index contributed by atoms with van der Waals surface area (Å²) in [5.41, 5.74) is 1.71. The molecule has 0 amide bonds. The van der Waals surface area contributed by atoms with Crippen molar-refractivity contribution in [1.29, 1.82) is 0 Å². The lowest BCUT2D eigenvalue weighted by Gasteiger charge is -2.06. The molecule has 1 N–H and O–H groups in total. The Kier molecular flexibility index (Phi) is 3.32. The number of aromatic nitrogens is 1. The van der Waals surface area contributed by atoms with Crippen LogP contribution in [-0.2, 0) is 0 Å². The normalized spacial score (nSPS) is 10.2. The van der Waals surface area contributed by atoms with Gasteiger partial charge in [0.15, 0.2) is 0 Å². The molecule has 0 aliphatic carbocycles. The van der Waals surface area contributed by atoms with Crippen LogP contribution in [0.15, 0.2) is 36.4 Å². The highest BCUT2D eigenvalue weighted by atomic mass is 35.5. The first-order valence-electron chi connectivity index (χ1n) is 4.81. The van der Waals surface area contributed by atoms with Gasteiger partial charge in [-0.1, -0.05) is 29.3 Å². The van der Waals surface area contributed by atoms with Crippen molar-refractivity contribution in [3.05, 3.63) is 46.4 Å². The van der Waals surface area contributed by atoms with Gasteiger partial charge in [0, 0.05) is 17.6 Å². The van der Waals surface area contributed by atoms with E-state index in [-0.39, 0.29) is 0 Å². The van der Waals surface area contributed by atoms with Crippen molar-refractivity contribution in [1.82, 2.24) is 4.98 Å². The molecule has 0 unspecified atom stereocenters. The van der Waals surface area contributed by atoms with Crippen molar-refractivity contribution in [2.24, 2.45) is 0 Å². The Morgan fingerprint density at radius 2 is 1.94 bits per heavy atom. The minimum absolute atomic E-state index is 0.605. The number of anilines is 1. The topological polar surface area (TPSA) is 24.9 Å². The summed E-state index contributed by atoms with van der Waals surface area (Å²) in [6.07, 6.45) is 0. The molecule has 0 spiro atoms. The second-order valence-electron chi connectivity index (χ2n) is 3.28. The minimum atomic E-state index is 0.605. The quantitative estimate of drug-likeness (QED) is 0.871. The van der Waals surface area contributed by atoms with Gasteiger partial charge in [0.25, 0.3) is 0 Å². The number of hydrogen-bond acceptors (Lipinski definition) is 2. The Balaban J connectivity index is 2.49. The first-order valence-corrected chi connectivity index (χ1v) is 5.56. The van der Waals surface area contributed by atoms with Crippen LogP contribution in [0, 0.1) is 0 Å². The maximum atomic E-state index is 6.11. The van der Waals surface area contributed by atoms with Crippen LogP contribution in [0.4, 0.5) is 5.82 Å². The zero-order valence-electron chi connectivity index (χ0n) is 8.67. The Morgan fingerprint density at radius 1 is 1.12 bits per heavy atom. The van der Waals surface area contributed by atoms with Crippen molar-refractivity contribution in [2.45, 2.75) is 0 Å². The monoisotopic (exact) mass is 252 g/mol. The van der Waals surface area contributed by atoms with Gasteiger partial charge in [-0.15, -0.1) is 0 Å². The van der Waals surface area contributed by atoms with Crippen molar-refractivity contribution >= 4 is 29.0 Å². The minimum Gasteiger partial charge on any atom is -0.373 e. The van der Waals surface area contributed by atoms with Gasteiger partial charge >= 0.3 is 0 Å². The Hall–Kier alpha value is -1.25. The summed E-state index contributed by atoms with van der Waals surface area (Å²) in [6, 6.07) is 11.1. The fraction of sp³-hybridized carbons (Fsp3) is 0.0833. The molecule has 2 aromatic rings. The highest BCUT2D eigenvalue weighted by Gasteiger charge is 2.05. The van der Waals surface area contributed by atoms with Gasteiger partial charge in [0.05, 0.1) is 10.7 Å². The molecule has 0 bridgehead atoms. The molecule has 0 aliphatic rings. The van der Waals surface area contributed by atoms with E-state index in [0.29, 0.717) is 10.0 Å². The third kappa shape index (κ3) is 2.29. The van der Waals surface area contributed by atoms with E-state index in [0.717, 1.165) is 17.1 Å². The number of rotatable bonds is 2. The van der Waals surface area contributed by atoms with Crippen molar-refractivity contribution in [3.63, 3.8) is 0 Å². The first-order chi connectivity index (χ1) is 7.70. The molecule has 1 aromatic carbocycles. The van der Waals surface area contributed by atoms with Crippen molar-refractivity contribution in [3.8, 4) is 11.3 Å². The van der Waals surface area contributed by atoms with E-state index in [2.05, 4.69) is 10.3 Å². The number of nitrogens with one attached hydrogen (secondary N) is 1. The number of benzene rings is 1. The van der Waals surface area contributed by atoms with Crippen LogP contribution < -0.4 is 5.32 Å². The van der Waals surface area contributed by atoms with Crippen LogP contribution in [0.5, 0.6) is 0 Å². The van der Waals surface area contributed by atoms with Crippen LogP contribution in [0.2, 0.25) is 10.0 Å². The lowest BCUT2D eigenvalue weighted by molar-refractivity contribution is 1.29. The molecule has 1 heterocycles. The van der Waals surface area contributed by atoms with Crippen LogP contribution in [0.25, 0.3) is 11.3 Å². The number of hydrogen-bond donors (Lipinski definition) is 1. The highest BCUT2D eigenvalue weighted by molar-refractivity contribution is 6.36. The molecular formula is C12H10Cl2N2. The molecular weight excluding hydrogens is 243 g/mol. The van der Waals surface area contributed by atoms with Crippen molar-refractivity contribution < 1.29 is 0 Å². The van der Waals surface area contributed by atoms with Crippen LogP contribution >= 0.6 is 23.2 Å². The summed E-state index contributed by atoms with van der Waals surface area (Å²) < 4.78 is 0. The second-order valence-corrected chi connectivity index (χ2v) is 4.13.